The Hall–Kier alpha value is -3.08. The summed E-state index contributed by atoms with van der Waals surface area (Å²) < 4.78 is 65.3. The number of carboxylic acid groups (broad SMARTS) is 1. The molecule has 1 aliphatic heterocycles. The highest BCUT2D eigenvalue weighted by Crippen LogP contribution is 2.39. The van der Waals surface area contributed by atoms with Crippen LogP contribution in [-0.2, 0) is 20.8 Å². The molecule has 3 rings (SSSR count). The number of sulfone groups is 1. The second-order valence-corrected chi connectivity index (χ2v) is 9.13. The lowest BCUT2D eigenvalue weighted by atomic mass is 10.0. The maximum Gasteiger partial charge on any atom is 0.418 e. The van der Waals surface area contributed by atoms with Crippen LogP contribution in [0.3, 0.4) is 0 Å². The summed E-state index contributed by atoms with van der Waals surface area (Å²) in [5.41, 5.74) is -1.59. The van der Waals surface area contributed by atoms with Crippen LogP contribution < -0.4 is 5.32 Å². The van der Waals surface area contributed by atoms with Crippen molar-refractivity contribution in [1.82, 2.24) is 4.90 Å². The van der Waals surface area contributed by atoms with Crippen molar-refractivity contribution >= 4 is 27.5 Å². The molecule has 1 saturated heterocycles. The van der Waals surface area contributed by atoms with Crippen molar-refractivity contribution < 1.29 is 36.3 Å². The first kappa shape index (κ1) is 22.6. The lowest BCUT2D eigenvalue weighted by Crippen LogP contribution is -2.42. The molecule has 2 aromatic carbocycles. The molecule has 1 heterocycles. The van der Waals surface area contributed by atoms with Gasteiger partial charge in [-0.05, 0) is 36.6 Å². The number of halogens is 3. The van der Waals surface area contributed by atoms with E-state index >= 15 is 0 Å². The molecule has 7 nitrogen and oxygen atoms in total. The van der Waals surface area contributed by atoms with Crippen molar-refractivity contribution in [3.05, 3.63) is 48.0 Å². The predicted molar refractivity (Wildman–Crippen MR) is 106 cm³/mol. The molecular weight excluding hydrogens is 437 g/mol. The smallest absolute Gasteiger partial charge is 0.418 e. The Morgan fingerprint density at radius 1 is 1.16 bits per heavy atom. The van der Waals surface area contributed by atoms with E-state index in [1.807, 2.05) is 0 Å². The SMILES string of the molecule is CS(=O)(=O)c1ccccc1-c1ccc(NC(=O)C2CCCN2C(=O)O)c(C(F)(F)F)c1. The molecule has 1 unspecified atom stereocenters. The van der Waals surface area contributed by atoms with E-state index in [0.29, 0.717) is 6.42 Å². The summed E-state index contributed by atoms with van der Waals surface area (Å²) in [5, 5.41) is 11.3. The van der Waals surface area contributed by atoms with Gasteiger partial charge in [0.25, 0.3) is 0 Å². The van der Waals surface area contributed by atoms with Crippen molar-refractivity contribution in [2.24, 2.45) is 0 Å². The van der Waals surface area contributed by atoms with Crippen LogP contribution in [0.5, 0.6) is 0 Å². The molecule has 1 aliphatic rings. The van der Waals surface area contributed by atoms with E-state index < -0.39 is 45.3 Å². The number of amides is 2. The minimum absolute atomic E-state index is 0.0133. The van der Waals surface area contributed by atoms with Gasteiger partial charge < -0.3 is 10.4 Å². The van der Waals surface area contributed by atoms with Gasteiger partial charge in [-0.15, -0.1) is 0 Å². The zero-order valence-corrected chi connectivity index (χ0v) is 17.1. The lowest BCUT2D eigenvalue weighted by Gasteiger charge is -2.22. The first-order valence-corrected chi connectivity index (χ1v) is 11.1. The number of carbonyl (C=O) groups is 2. The number of anilines is 1. The molecule has 2 N–H and O–H groups in total. The van der Waals surface area contributed by atoms with E-state index in [1.54, 1.807) is 0 Å². The summed E-state index contributed by atoms with van der Waals surface area (Å²) >= 11 is 0. The number of nitrogens with zero attached hydrogens (tertiary/aromatic N) is 1. The molecule has 0 spiro atoms. The highest BCUT2D eigenvalue weighted by Gasteiger charge is 2.37. The molecule has 0 aliphatic carbocycles. The van der Waals surface area contributed by atoms with Crippen LogP contribution in [0.1, 0.15) is 18.4 Å². The van der Waals surface area contributed by atoms with Crippen LogP contribution in [0.4, 0.5) is 23.7 Å². The highest BCUT2D eigenvalue weighted by atomic mass is 32.2. The number of rotatable bonds is 4. The third kappa shape index (κ3) is 4.82. The van der Waals surface area contributed by atoms with Crippen molar-refractivity contribution in [2.75, 3.05) is 18.1 Å². The minimum atomic E-state index is -4.85. The van der Waals surface area contributed by atoms with E-state index in [1.165, 1.54) is 30.3 Å². The topological polar surface area (TPSA) is 104 Å². The molecular formula is C20H19F3N2O5S. The molecule has 2 aromatic rings. The summed E-state index contributed by atoms with van der Waals surface area (Å²) in [6, 6.07) is 7.67. The Kier molecular flexibility index (Phi) is 5.99. The highest BCUT2D eigenvalue weighted by molar-refractivity contribution is 7.90. The van der Waals surface area contributed by atoms with E-state index in [-0.39, 0.29) is 29.0 Å². The quantitative estimate of drug-likeness (QED) is 0.727. The molecule has 0 radical (unpaired) electrons. The largest absolute Gasteiger partial charge is 0.465 e. The Morgan fingerprint density at radius 2 is 1.84 bits per heavy atom. The molecule has 0 aromatic heterocycles. The molecule has 11 heteroatoms. The van der Waals surface area contributed by atoms with Crippen LogP contribution in [0, 0.1) is 0 Å². The number of carbonyl (C=O) groups excluding carboxylic acids is 1. The van der Waals surface area contributed by atoms with E-state index in [9.17, 15) is 31.2 Å². The summed E-state index contributed by atoms with van der Waals surface area (Å²) in [5.74, 6) is -0.852. The fourth-order valence-electron chi connectivity index (χ4n) is 3.57. The summed E-state index contributed by atoms with van der Waals surface area (Å²) in [4.78, 5) is 24.5. The summed E-state index contributed by atoms with van der Waals surface area (Å²) in [6.45, 7) is 0.126. The number of hydrogen-bond donors (Lipinski definition) is 2. The normalized spacial score (nSPS) is 16.9. The van der Waals surface area contributed by atoms with Crippen LogP contribution >= 0.6 is 0 Å². The minimum Gasteiger partial charge on any atom is -0.465 e. The lowest BCUT2D eigenvalue weighted by molar-refractivity contribution is -0.137. The Bertz CT molecular complexity index is 1130. The van der Waals surface area contributed by atoms with Crippen molar-refractivity contribution in [3.63, 3.8) is 0 Å². The maximum atomic E-state index is 13.7. The molecule has 2 amide bonds. The zero-order chi connectivity index (χ0) is 23.0. The molecule has 0 bridgehead atoms. The number of likely N-dealkylation sites (tertiary alicyclic amines) is 1. The number of alkyl halides is 3. The number of hydrogen-bond acceptors (Lipinski definition) is 4. The van der Waals surface area contributed by atoms with Gasteiger partial charge >= 0.3 is 12.3 Å². The van der Waals surface area contributed by atoms with Gasteiger partial charge in [0, 0.05) is 18.4 Å². The molecule has 1 fully saturated rings. The van der Waals surface area contributed by atoms with Crippen LogP contribution in [0.25, 0.3) is 11.1 Å². The maximum absolute atomic E-state index is 13.7. The second-order valence-electron chi connectivity index (χ2n) is 7.15. The molecule has 31 heavy (non-hydrogen) atoms. The van der Waals surface area contributed by atoms with Gasteiger partial charge in [0.2, 0.25) is 5.91 Å². The van der Waals surface area contributed by atoms with Gasteiger partial charge in [0.1, 0.15) is 6.04 Å². The molecule has 166 valence electrons. The summed E-state index contributed by atoms with van der Waals surface area (Å²) in [7, 11) is -3.70. The van der Waals surface area contributed by atoms with Gasteiger partial charge in [0.05, 0.1) is 16.1 Å². The van der Waals surface area contributed by atoms with E-state index in [4.69, 9.17) is 5.11 Å². The van der Waals surface area contributed by atoms with Crippen molar-refractivity contribution in [3.8, 4) is 11.1 Å². The van der Waals surface area contributed by atoms with Gasteiger partial charge in [-0.25, -0.2) is 13.2 Å². The Labute approximate surface area is 176 Å². The van der Waals surface area contributed by atoms with Crippen molar-refractivity contribution in [2.45, 2.75) is 30.0 Å². The van der Waals surface area contributed by atoms with E-state index in [2.05, 4.69) is 5.32 Å². The number of nitrogens with one attached hydrogen (secondary N) is 1. The van der Waals surface area contributed by atoms with Gasteiger partial charge in [-0.3, -0.25) is 9.69 Å². The zero-order valence-electron chi connectivity index (χ0n) is 16.3. The summed E-state index contributed by atoms with van der Waals surface area (Å²) in [6.07, 6.45) is -4.57. The van der Waals surface area contributed by atoms with E-state index in [0.717, 1.165) is 23.3 Å². The first-order chi connectivity index (χ1) is 14.4. The standard InChI is InChI=1S/C20H19F3N2O5S/c1-31(29,30)17-7-3-2-5-13(17)12-8-9-15(14(11-12)20(21,22)23)24-18(26)16-6-4-10-25(16)19(27)28/h2-3,5,7-9,11,16H,4,6,10H2,1H3,(H,24,26)(H,27,28). The van der Waals surface area contributed by atoms with Gasteiger partial charge in [-0.1, -0.05) is 24.3 Å². The second kappa shape index (κ2) is 8.22. The third-order valence-electron chi connectivity index (χ3n) is 4.98. The fraction of sp³-hybridized carbons (Fsp3) is 0.300. The van der Waals surface area contributed by atoms with Crippen LogP contribution in [0.15, 0.2) is 47.4 Å². The van der Waals surface area contributed by atoms with Crippen molar-refractivity contribution in [1.29, 1.82) is 0 Å². The third-order valence-corrected chi connectivity index (χ3v) is 6.14. The number of benzene rings is 2. The monoisotopic (exact) mass is 456 g/mol. The Morgan fingerprint density at radius 3 is 2.45 bits per heavy atom. The molecule has 0 saturated carbocycles. The van der Waals surface area contributed by atoms with Gasteiger partial charge in [-0.2, -0.15) is 13.2 Å². The van der Waals surface area contributed by atoms with Crippen LogP contribution in [0.2, 0.25) is 0 Å². The van der Waals surface area contributed by atoms with Crippen LogP contribution in [-0.4, -0.2) is 49.3 Å². The average molecular weight is 456 g/mol. The van der Waals surface area contributed by atoms with Gasteiger partial charge in [0.15, 0.2) is 9.84 Å². The predicted octanol–water partition coefficient (Wildman–Crippen LogP) is 3.86. The Balaban J connectivity index is 2.02. The molecule has 1 atom stereocenters. The average Bonchev–Trinajstić information content (AvgIpc) is 3.17. The first-order valence-electron chi connectivity index (χ1n) is 9.20. The fourth-order valence-corrected chi connectivity index (χ4v) is 4.48.